The van der Waals surface area contributed by atoms with Crippen molar-refractivity contribution in [2.45, 2.75) is 46.3 Å². The minimum Gasteiger partial charge on any atom is -0.462 e. The Kier molecular flexibility index (Phi) is 4.97. The number of unbranched alkanes of at least 4 members (excludes halogenated alkanes) is 1. The van der Waals surface area contributed by atoms with Crippen LogP contribution in [0.15, 0.2) is 0 Å². The SMILES string of the molecule is CCCCn1nc(C)c(C(=O)OCC)c1C(F)(F)F. The Morgan fingerprint density at radius 2 is 2.00 bits per heavy atom. The summed E-state index contributed by atoms with van der Waals surface area (Å²) in [7, 11) is 0. The lowest BCUT2D eigenvalue weighted by atomic mass is 10.2. The molecule has 1 aromatic heterocycles. The third-order valence-corrected chi connectivity index (χ3v) is 2.60. The average Bonchev–Trinajstić information content (AvgIpc) is 2.63. The van der Waals surface area contributed by atoms with Gasteiger partial charge in [-0.15, -0.1) is 0 Å². The first-order valence-corrected chi connectivity index (χ1v) is 6.14. The van der Waals surface area contributed by atoms with Crippen molar-refractivity contribution in [1.29, 1.82) is 0 Å². The second-order valence-electron chi connectivity index (χ2n) is 4.10. The fraction of sp³-hybridized carbons (Fsp3) is 0.667. The number of hydrogen-bond donors (Lipinski definition) is 0. The molecule has 19 heavy (non-hydrogen) atoms. The fourth-order valence-corrected chi connectivity index (χ4v) is 1.79. The van der Waals surface area contributed by atoms with Gasteiger partial charge in [0.1, 0.15) is 5.56 Å². The van der Waals surface area contributed by atoms with Crippen LogP contribution in [0.3, 0.4) is 0 Å². The zero-order chi connectivity index (χ0) is 14.6. The van der Waals surface area contributed by atoms with Crippen molar-refractivity contribution in [3.05, 3.63) is 17.0 Å². The van der Waals surface area contributed by atoms with Crippen molar-refractivity contribution < 1.29 is 22.7 Å². The number of carbonyl (C=O) groups excluding carboxylic acids is 1. The minimum absolute atomic E-state index is 0.0235. The second-order valence-corrected chi connectivity index (χ2v) is 4.10. The van der Waals surface area contributed by atoms with Crippen molar-refractivity contribution >= 4 is 5.97 Å². The molecule has 0 atom stereocenters. The Morgan fingerprint density at radius 1 is 1.37 bits per heavy atom. The van der Waals surface area contributed by atoms with E-state index in [-0.39, 0.29) is 18.8 Å². The Balaban J connectivity index is 3.28. The molecule has 4 nitrogen and oxygen atoms in total. The number of halogens is 3. The molecule has 0 radical (unpaired) electrons. The first-order chi connectivity index (χ1) is 8.82. The lowest BCUT2D eigenvalue weighted by molar-refractivity contribution is -0.144. The molecule has 0 N–H and O–H groups in total. The van der Waals surface area contributed by atoms with E-state index in [0.29, 0.717) is 6.42 Å². The maximum atomic E-state index is 13.1. The number of ether oxygens (including phenoxy) is 1. The summed E-state index contributed by atoms with van der Waals surface area (Å²) >= 11 is 0. The highest BCUT2D eigenvalue weighted by Crippen LogP contribution is 2.34. The van der Waals surface area contributed by atoms with Crippen LogP contribution in [0.5, 0.6) is 0 Å². The van der Waals surface area contributed by atoms with Gasteiger partial charge in [-0.3, -0.25) is 4.68 Å². The normalized spacial score (nSPS) is 11.7. The Labute approximate surface area is 109 Å². The Bertz CT molecular complexity index is 453. The van der Waals surface area contributed by atoms with Gasteiger partial charge in [0.15, 0.2) is 5.69 Å². The van der Waals surface area contributed by atoms with E-state index in [1.165, 1.54) is 6.92 Å². The van der Waals surface area contributed by atoms with Crippen LogP contribution in [0, 0.1) is 6.92 Å². The maximum Gasteiger partial charge on any atom is 0.433 e. The molecule has 0 spiro atoms. The van der Waals surface area contributed by atoms with Gasteiger partial charge in [-0.05, 0) is 20.3 Å². The zero-order valence-electron chi connectivity index (χ0n) is 11.2. The van der Waals surface area contributed by atoms with E-state index in [2.05, 4.69) is 9.84 Å². The van der Waals surface area contributed by atoms with Crippen LogP contribution < -0.4 is 0 Å². The highest BCUT2D eigenvalue weighted by atomic mass is 19.4. The highest BCUT2D eigenvalue weighted by molar-refractivity contribution is 5.92. The molecule has 0 aromatic carbocycles. The molecule has 7 heteroatoms. The van der Waals surface area contributed by atoms with Crippen LogP contribution in [0.1, 0.15) is 48.4 Å². The summed E-state index contributed by atoms with van der Waals surface area (Å²) in [4.78, 5) is 11.6. The van der Waals surface area contributed by atoms with Crippen LogP contribution in [-0.2, 0) is 17.5 Å². The number of esters is 1. The van der Waals surface area contributed by atoms with E-state index in [4.69, 9.17) is 0 Å². The van der Waals surface area contributed by atoms with E-state index < -0.39 is 23.4 Å². The lowest BCUT2D eigenvalue weighted by Crippen LogP contribution is -2.19. The number of rotatable bonds is 5. The van der Waals surface area contributed by atoms with Crippen LogP contribution in [0.25, 0.3) is 0 Å². The van der Waals surface area contributed by atoms with Crippen LogP contribution in [0.2, 0.25) is 0 Å². The van der Waals surface area contributed by atoms with Crippen LogP contribution in [0.4, 0.5) is 13.2 Å². The molecule has 0 saturated carbocycles. The quantitative estimate of drug-likeness (QED) is 0.777. The second kappa shape index (κ2) is 6.08. The molecular weight excluding hydrogens is 261 g/mol. The average molecular weight is 278 g/mol. The van der Waals surface area contributed by atoms with Crippen LogP contribution in [-0.4, -0.2) is 22.4 Å². The van der Waals surface area contributed by atoms with Gasteiger partial charge < -0.3 is 4.74 Å². The summed E-state index contributed by atoms with van der Waals surface area (Å²) in [6, 6.07) is 0. The topological polar surface area (TPSA) is 44.1 Å². The molecule has 0 amide bonds. The standard InChI is InChI=1S/C12H17F3N2O2/c1-4-6-7-17-10(12(13,14)15)9(8(3)16-17)11(18)19-5-2/h4-7H2,1-3H3. The van der Waals surface area contributed by atoms with Crippen molar-refractivity contribution in [3.8, 4) is 0 Å². The molecule has 0 unspecified atom stereocenters. The smallest absolute Gasteiger partial charge is 0.433 e. The van der Waals surface area contributed by atoms with Gasteiger partial charge in [0.2, 0.25) is 0 Å². The van der Waals surface area contributed by atoms with Gasteiger partial charge >= 0.3 is 12.1 Å². The number of nitrogens with zero attached hydrogens (tertiary/aromatic N) is 2. The third kappa shape index (κ3) is 3.48. The predicted molar refractivity (Wildman–Crippen MR) is 62.8 cm³/mol. The Hall–Kier alpha value is -1.53. The van der Waals surface area contributed by atoms with Gasteiger partial charge in [-0.2, -0.15) is 18.3 Å². The highest BCUT2D eigenvalue weighted by Gasteiger charge is 2.41. The van der Waals surface area contributed by atoms with E-state index >= 15 is 0 Å². The van der Waals surface area contributed by atoms with E-state index in [9.17, 15) is 18.0 Å². The molecule has 1 aromatic rings. The molecule has 0 aliphatic carbocycles. The van der Waals surface area contributed by atoms with Gasteiger partial charge in [0.05, 0.1) is 12.3 Å². The summed E-state index contributed by atoms with van der Waals surface area (Å²) in [6.07, 6.45) is -3.32. The lowest BCUT2D eigenvalue weighted by Gasteiger charge is -2.12. The van der Waals surface area contributed by atoms with Gasteiger partial charge in [-0.25, -0.2) is 4.79 Å². The number of alkyl halides is 3. The number of hydrogen-bond acceptors (Lipinski definition) is 3. The summed E-state index contributed by atoms with van der Waals surface area (Å²) in [5.41, 5.74) is -1.45. The van der Waals surface area contributed by atoms with E-state index in [1.807, 2.05) is 6.92 Å². The van der Waals surface area contributed by atoms with Crippen LogP contribution >= 0.6 is 0 Å². The number of carbonyl (C=O) groups is 1. The molecule has 0 aliphatic heterocycles. The van der Waals surface area contributed by atoms with Gasteiger partial charge in [0, 0.05) is 6.54 Å². The van der Waals surface area contributed by atoms with E-state index in [1.54, 1.807) is 6.92 Å². The van der Waals surface area contributed by atoms with Crippen molar-refractivity contribution in [2.75, 3.05) is 6.61 Å². The summed E-state index contributed by atoms with van der Waals surface area (Å²) in [5.74, 6) is -0.977. The first kappa shape index (κ1) is 15.5. The Morgan fingerprint density at radius 3 is 2.47 bits per heavy atom. The zero-order valence-corrected chi connectivity index (χ0v) is 11.2. The number of aromatic nitrogens is 2. The van der Waals surface area contributed by atoms with Gasteiger partial charge in [0.25, 0.3) is 0 Å². The summed E-state index contributed by atoms with van der Waals surface area (Å²) < 4.78 is 44.8. The molecule has 108 valence electrons. The molecular formula is C12H17F3N2O2. The molecule has 1 heterocycles. The van der Waals surface area contributed by atoms with E-state index in [0.717, 1.165) is 11.1 Å². The third-order valence-electron chi connectivity index (χ3n) is 2.60. The molecule has 1 rings (SSSR count). The summed E-state index contributed by atoms with van der Waals surface area (Å²) in [6.45, 7) is 4.95. The summed E-state index contributed by atoms with van der Waals surface area (Å²) in [5, 5.41) is 3.81. The maximum absolute atomic E-state index is 13.1. The van der Waals surface area contributed by atoms with Crippen molar-refractivity contribution in [3.63, 3.8) is 0 Å². The largest absolute Gasteiger partial charge is 0.462 e. The molecule has 0 aliphatic rings. The monoisotopic (exact) mass is 278 g/mol. The molecule has 0 saturated heterocycles. The fourth-order valence-electron chi connectivity index (χ4n) is 1.79. The van der Waals surface area contributed by atoms with Gasteiger partial charge in [-0.1, -0.05) is 13.3 Å². The number of aryl methyl sites for hydroxylation is 2. The predicted octanol–water partition coefficient (Wildman–Crippen LogP) is 3.19. The minimum atomic E-state index is -4.63. The van der Waals surface area contributed by atoms with Crippen molar-refractivity contribution in [1.82, 2.24) is 9.78 Å². The molecule has 0 fully saturated rings. The molecule has 0 bridgehead atoms. The van der Waals surface area contributed by atoms with Crippen molar-refractivity contribution in [2.24, 2.45) is 0 Å². The first-order valence-electron chi connectivity index (χ1n) is 6.14.